The summed E-state index contributed by atoms with van der Waals surface area (Å²) in [6.45, 7) is 3.27. The monoisotopic (exact) mass is 466 g/mol. The van der Waals surface area contributed by atoms with E-state index < -0.39 is 10.0 Å². The van der Waals surface area contributed by atoms with Gasteiger partial charge in [-0.3, -0.25) is 9.48 Å². The highest BCUT2D eigenvalue weighted by atomic mass is 35.5. The second-order valence-corrected chi connectivity index (χ2v) is 11.0. The van der Waals surface area contributed by atoms with Gasteiger partial charge in [-0.15, -0.1) is 11.3 Å². The van der Waals surface area contributed by atoms with E-state index >= 15 is 0 Å². The van der Waals surface area contributed by atoms with Crippen molar-refractivity contribution in [1.29, 1.82) is 0 Å². The smallest absolute Gasteiger partial charge is 0.261 e. The van der Waals surface area contributed by atoms with Crippen LogP contribution >= 0.6 is 22.9 Å². The summed E-state index contributed by atoms with van der Waals surface area (Å²) in [6, 6.07) is 9.31. The summed E-state index contributed by atoms with van der Waals surface area (Å²) in [5, 5.41) is 9.23. The van der Waals surface area contributed by atoms with Crippen molar-refractivity contribution in [3.8, 4) is 0 Å². The van der Waals surface area contributed by atoms with Crippen molar-refractivity contribution < 1.29 is 13.2 Å². The minimum Gasteiger partial charge on any atom is -0.347 e. The first-order valence-electron chi connectivity index (χ1n) is 9.68. The fourth-order valence-electron chi connectivity index (χ4n) is 3.74. The minimum absolute atomic E-state index is 0.180. The quantitative estimate of drug-likeness (QED) is 0.625. The number of piperidine rings is 1. The van der Waals surface area contributed by atoms with Gasteiger partial charge in [0, 0.05) is 29.5 Å². The first kappa shape index (κ1) is 21.3. The zero-order valence-electron chi connectivity index (χ0n) is 16.8. The number of hydrogen-bond acceptors (Lipinski definition) is 5. The summed E-state index contributed by atoms with van der Waals surface area (Å²) in [4.78, 5) is 14.4. The molecular weight excluding hydrogens is 444 g/mol. The molecule has 1 aromatic carbocycles. The number of amides is 1. The topological polar surface area (TPSA) is 84.3 Å². The molecule has 1 amide bonds. The van der Waals surface area contributed by atoms with Crippen molar-refractivity contribution in [3.05, 3.63) is 51.5 Å². The van der Waals surface area contributed by atoms with Gasteiger partial charge in [0.2, 0.25) is 10.0 Å². The molecule has 10 heteroatoms. The van der Waals surface area contributed by atoms with Crippen molar-refractivity contribution in [1.82, 2.24) is 19.4 Å². The maximum Gasteiger partial charge on any atom is 0.261 e. The second-order valence-electron chi connectivity index (χ2n) is 7.60. The van der Waals surface area contributed by atoms with Crippen LogP contribution in [0.15, 0.2) is 30.3 Å². The second kappa shape index (κ2) is 8.30. The molecule has 0 saturated carbocycles. The van der Waals surface area contributed by atoms with E-state index in [1.54, 1.807) is 0 Å². The average molecular weight is 467 g/mol. The number of halogens is 1. The molecule has 1 fully saturated rings. The van der Waals surface area contributed by atoms with Crippen molar-refractivity contribution in [2.45, 2.75) is 32.4 Å². The van der Waals surface area contributed by atoms with Gasteiger partial charge in [-0.1, -0.05) is 29.8 Å². The lowest BCUT2D eigenvalue weighted by molar-refractivity contribution is 0.0925. The molecule has 0 spiro atoms. The van der Waals surface area contributed by atoms with Crippen LogP contribution in [0.3, 0.4) is 0 Å². The number of carbonyl (C=O) groups excluding carboxylic acids is 1. The number of aryl methyl sites for hydroxylation is 1. The molecule has 7 nitrogen and oxygen atoms in total. The Morgan fingerprint density at radius 3 is 2.87 bits per heavy atom. The number of sulfonamides is 1. The average Bonchev–Trinajstić information content (AvgIpc) is 3.25. The standard InChI is InChI=1S/C20H23ClN4O3S2/c1-13-16-10-18(19(26)22-15-7-5-9-24(12-15)30(2,27)28)29-20(16)25(23-13)11-14-6-3-4-8-17(14)21/h3-4,6,8,10,15H,5,7,9,11-12H2,1-2H3,(H,22,26). The van der Waals surface area contributed by atoms with Crippen molar-refractivity contribution in [3.63, 3.8) is 0 Å². The van der Waals surface area contributed by atoms with E-state index in [2.05, 4.69) is 10.4 Å². The number of benzene rings is 1. The van der Waals surface area contributed by atoms with Gasteiger partial charge in [0.25, 0.3) is 5.91 Å². The van der Waals surface area contributed by atoms with Gasteiger partial charge < -0.3 is 5.32 Å². The van der Waals surface area contributed by atoms with Crippen LogP contribution < -0.4 is 5.32 Å². The summed E-state index contributed by atoms with van der Waals surface area (Å²) in [5.41, 5.74) is 1.82. The van der Waals surface area contributed by atoms with E-state index in [1.807, 2.05) is 41.9 Å². The molecule has 1 unspecified atom stereocenters. The fraction of sp³-hybridized carbons (Fsp3) is 0.400. The first-order chi connectivity index (χ1) is 14.2. The molecule has 1 aliphatic rings. The predicted molar refractivity (Wildman–Crippen MR) is 120 cm³/mol. The third kappa shape index (κ3) is 4.39. The van der Waals surface area contributed by atoms with Crippen LogP contribution in [0.4, 0.5) is 0 Å². The zero-order valence-corrected chi connectivity index (χ0v) is 19.1. The Kier molecular flexibility index (Phi) is 5.89. The summed E-state index contributed by atoms with van der Waals surface area (Å²) >= 11 is 7.68. The highest BCUT2D eigenvalue weighted by molar-refractivity contribution is 7.88. The summed E-state index contributed by atoms with van der Waals surface area (Å²) < 4.78 is 26.9. The van der Waals surface area contributed by atoms with Crippen molar-refractivity contribution in [2.24, 2.45) is 0 Å². The number of fused-ring (bicyclic) bond motifs is 1. The molecule has 0 bridgehead atoms. The van der Waals surface area contributed by atoms with Gasteiger partial charge >= 0.3 is 0 Å². The van der Waals surface area contributed by atoms with E-state index in [4.69, 9.17) is 11.6 Å². The molecule has 0 radical (unpaired) electrons. The van der Waals surface area contributed by atoms with Crippen LogP contribution in [0, 0.1) is 6.92 Å². The lowest BCUT2D eigenvalue weighted by atomic mass is 10.1. The van der Waals surface area contributed by atoms with Gasteiger partial charge in [0.15, 0.2) is 0 Å². The van der Waals surface area contributed by atoms with Gasteiger partial charge in [0.1, 0.15) is 4.83 Å². The molecular formula is C20H23ClN4O3S2. The zero-order chi connectivity index (χ0) is 21.5. The van der Waals surface area contributed by atoms with E-state index in [9.17, 15) is 13.2 Å². The number of nitrogens with one attached hydrogen (secondary N) is 1. The molecule has 1 aliphatic heterocycles. The van der Waals surface area contributed by atoms with Crippen LogP contribution in [-0.4, -0.2) is 53.8 Å². The number of aromatic nitrogens is 2. The number of carbonyl (C=O) groups is 1. The molecule has 3 aromatic rings. The predicted octanol–water partition coefficient (Wildman–Crippen LogP) is 3.26. The van der Waals surface area contributed by atoms with E-state index in [0.717, 1.165) is 34.3 Å². The first-order valence-corrected chi connectivity index (χ1v) is 12.7. The molecule has 1 atom stereocenters. The van der Waals surface area contributed by atoms with Crippen LogP contribution in [-0.2, 0) is 16.6 Å². The highest BCUT2D eigenvalue weighted by Crippen LogP contribution is 2.30. The van der Waals surface area contributed by atoms with Crippen LogP contribution in [0.2, 0.25) is 5.02 Å². The van der Waals surface area contributed by atoms with Crippen LogP contribution in [0.25, 0.3) is 10.2 Å². The fourth-order valence-corrected chi connectivity index (χ4v) is 5.91. The van der Waals surface area contributed by atoms with Gasteiger partial charge in [0.05, 0.1) is 23.4 Å². The Morgan fingerprint density at radius 2 is 2.13 bits per heavy atom. The molecule has 0 aliphatic carbocycles. The van der Waals surface area contributed by atoms with E-state index in [-0.39, 0.29) is 11.9 Å². The molecule has 2 aromatic heterocycles. The summed E-state index contributed by atoms with van der Waals surface area (Å²) in [5.74, 6) is -0.180. The van der Waals surface area contributed by atoms with Gasteiger partial charge in [-0.05, 0) is 37.5 Å². The maximum atomic E-state index is 12.9. The normalized spacial score (nSPS) is 18.0. The highest BCUT2D eigenvalue weighted by Gasteiger charge is 2.27. The van der Waals surface area contributed by atoms with E-state index in [0.29, 0.717) is 29.5 Å². The lowest BCUT2D eigenvalue weighted by Crippen LogP contribution is -2.49. The van der Waals surface area contributed by atoms with Crippen molar-refractivity contribution >= 4 is 49.1 Å². The summed E-state index contributed by atoms with van der Waals surface area (Å²) in [7, 11) is -3.25. The summed E-state index contributed by atoms with van der Waals surface area (Å²) in [6.07, 6.45) is 2.70. The van der Waals surface area contributed by atoms with Crippen LogP contribution in [0.1, 0.15) is 33.8 Å². The Balaban J connectivity index is 1.54. The SMILES string of the molecule is Cc1nn(Cc2ccccc2Cl)c2sc(C(=O)NC3CCCN(S(C)(=O)=O)C3)cc12. The Hall–Kier alpha value is -1.94. The molecule has 4 rings (SSSR count). The van der Waals surface area contributed by atoms with E-state index in [1.165, 1.54) is 21.9 Å². The molecule has 160 valence electrons. The Bertz CT molecular complexity index is 1200. The Morgan fingerprint density at radius 1 is 1.37 bits per heavy atom. The lowest BCUT2D eigenvalue weighted by Gasteiger charge is -2.31. The number of hydrogen-bond donors (Lipinski definition) is 1. The van der Waals surface area contributed by atoms with Gasteiger partial charge in [-0.2, -0.15) is 5.10 Å². The number of thiophene rings is 1. The Labute approximate surface area is 184 Å². The van der Waals surface area contributed by atoms with Crippen molar-refractivity contribution in [2.75, 3.05) is 19.3 Å². The van der Waals surface area contributed by atoms with Gasteiger partial charge in [-0.25, -0.2) is 12.7 Å². The number of nitrogens with zero attached hydrogens (tertiary/aromatic N) is 3. The number of rotatable bonds is 5. The molecule has 1 N–H and O–H groups in total. The largest absolute Gasteiger partial charge is 0.347 e. The third-order valence-electron chi connectivity index (χ3n) is 5.30. The molecule has 30 heavy (non-hydrogen) atoms. The van der Waals surface area contributed by atoms with Crippen LogP contribution in [0.5, 0.6) is 0 Å². The maximum absolute atomic E-state index is 12.9. The molecule has 1 saturated heterocycles. The molecule has 3 heterocycles. The minimum atomic E-state index is -3.25. The third-order valence-corrected chi connectivity index (χ3v) is 8.08.